The zero-order chi connectivity index (χ0) is 24.8. The van der Waals surface area contributed by atoms with Crippen molar-refractivity contribution < 1.29 is 20.1 Å². The number of hydrogen-bond donors (Lipinski definition) is 3. The molecule has 6 atom stereocenters. The van der Waals surface area contributed by atoms with Gasteiger partial charge in [0, 0.05) is 19.6 Å². The normalized spacial score (nSPS) is 35.6. The van der Waals surface area contributed by atoms with Gasteiger partial charge in [0.15, 0.2) is 0 Å². The van der Waals surface area contributed by atoms with Gasteiger partial charge < -0.3 is 20.1 Å². The SMILES string of the molecule is C[C@H](CCCC(C)(C)O)[C@H]1CC[C@H]2/C(=C/C=C3/C[C@@H](O)C[C@H](OCCCCO)C3)CCC[C@]12C. The summed E-state index contributed by atoms with van der Waals surface area (Å²) in [6.45, 7) is 9.75. The second-order valence-electron chi connectivity index (χ2n) is 12.6. The fraction of sp³-hybridized carbons (Fsp3) is 0.867. The highest BCUT2D eigenvalue weighted by Crippen LogP contribution is 2.60. The molecule has 4 nitrogen and oxygen atoms in total. The van der Waals surface area contributed by atoms with Crippen LogP contribution in [0.5, 0.6) is 0 Å². The van der Waals surface area contributed by atoms with Crippen LogP contribution in [-0.2, 0) is 4.74 Å². The lowest BCUT2D eigenvalue weighted by Crippen LogP contribution is -2.36. The summed E-state index contributed by atoms with van der Waals surface area (Å²) >= 11 is 0. The van der Waals surface area contributed by atoms with Gasteiger partial charge >= 0.3 is 0 Å². The predicted octanol–water partition coefficient (Wildman–Crippen LogP) is 6.34. The summed E-state index contributed by atoms with van der Waals surface area (Å²) in [7, 11) is 0. The Labute approximate surface area is 208 Å². The van der Waals surface area contributed by atoms with Crippen molar-refractivity contribution in [1.82, 2.24) is 0 Å². The maximum atomic E-state index is 10.4. The number of ether oxygens (including phenoxy) is 1. The Hall–Kier alpha value is -0.680. The van der Waals surface area contributed by atoms with E-state index in [9.17, 15) is 10.2 Å². The van der Waals surface area contributed by atoms with Crippen LogP contribution in [0.4, 0.5) is 0 Å². The zero-order valence-corrected chi connectivity index (χ0v) is 22.4. The molecule has 3 saturated carbocycles. The Morgan fingerprint density at radius 1 is 1.15 bits per heavy atom. The molecule has 0 bridgehead atoms. The van der Waals surface area contributed by atoms with Gasteiger partial charge in [0.05, 0.1) is 17.8 Å². The van der Waals surface area contributed by atoms with Gasteiger partial charge in [0.25, 0.3) is 0 Å². The van der Waals surface area contributed by atoms with E-state index in [0.717, 1.165) is 50.9 Å². The molecule has 0 aromatic rings. The van der Waals surface area contributed by atoms with Crippen LogP contribution in [0, 0.1) is 23.2 Å². The first-order valence-electron chi connectivity index (χ1n) is 14.1. The molecule has 0 spiro atoms. The molecule has 3 aliphatic carbocycles. The van der Waals surface area contributed by atoms with Crippen molar-refractivity contribution in [3.8, 4) is 0 Å². The van der Waals surface area contributed by atoms with Gasteiger partial charge in [-0.15, -0.1) is 0 Å². The third-order valence-electron chi connectivity index (χ3n) is 9.13. The molecule has 0 saturated heterocycles. The van der Waals surface area contributed by atoms with Crippen LogP contribution < -0.4 is 0 Å². The number of aliphatic hydroxyl groups is 3. The van der Waals surface area contributed by atoms with E-state index < -0.39 is 5.60 Å². The quantitative estimate of drug-likeness (QED) is 0.305. The summed E-state index contributed by atoms with van der Waals surface area (Å²) in [5, 5.41) is 29.4. The van der Waals surface area contributed by atoms with Crippen molar-refractivity contribution >= 4 is 0 Å². The number of hydrogen-bond acceptors (Lipinski definition) is 4. The van der Waals surface area contributed by atoms with E-state index in [1.807, 2.05) is 13.8 Å². The molecule has 0 radical (unpaired) electrons. The van der Waals surface area contributed by atoms with E-state index in [-0.39, 0.29) is 18.8 Å². The smallest absolute Gasteiger partial charge is 0.0637 e. The van der Waals surface area contributed by atoms with Crippen LogP contribution in [0.25, 0.3) is 0 Å². The maximum absolute atomic E-state index is 10.4. The molecular weight excluding hydrogens is 424 g/mol. The molecule has 3 N–H and O–H groups in total. The van der Waals surface area contributed by atoms with Crippen LogP contribution >= 0.6 is 0 Å². The summed E-state index contributed by atoms with van der Waals surface area (Å²) in [4.78, 5) is 0. The highest BCUT2D eigenvalue weighted by molar-refractivity contribution is 5.26. The fourth-order valence-electron chi connectivity index (χ4n) is 7.37. The van der Waals surface area contributed by atoms with E-state index in [1.54, 1.807) is 5.57 Å². The monoisotopic (exact) mass is 476 g/mol. The van der Waals surface area contributed by atoms with Gasteiger partial charge in [0.1, 0.15) is 0 Å². The molecule has 0 unspecified atom stereocenters. The van der Waals surface area contributed by atoms with E-state index in [0.29, 0.717) is 23.9 Å². The third-order valence-corrected chi connectivity index (χ3v) is 9.13. The summed E-state index contributed by atoms with van der Waals surface area (Å²) in [5.41, 5.74) is 2.81. The molecule has 3 fully saturated rings. The molecule has 0 amide bonds. The molecule has 196 valence electrons. The molecule has 0 aromatic heterocycles. The lowest BCUT2D eigenvalue weighted by atomic mass is 9.60. The molecule has 3 rings (SSSR count). The van der Waals surface area contributed by atoms with Crippen molar-refractivity contribution in [3.63, 3.8) is 0 Å². The lowest BCUT2D eigenvalue weighted by Gasteiger charge is -2.44. The number of allylic oxidation sites excluding steroid dienone is 3. The van der Waals surface area contributed by atoms with E-state index >= 15 is 0 Å². The molecule has 3 aliphatic rings. The zero-order valence-electron chi connectivity index (χ0n) is 22.4. The average Bonchev–Trinajstić information content (AvgIpc) is 3.11. The van der Waals surface area contributed by atoms with Gasteiger partial charge in [-0.05, 0) is 101 Å². The van der Waals surface area contributed by atoms with E-state index in [2.05, 4.69) is 26.0 Å². The first-order valence-corrected chi connectivity index (χ1v) is 14.1. The molecule has 4 heteroatoms. The van der Waals surface area contributed by atoms with E-state index in [4.69, 9.17) is 9.84 Å². The minimum Gasteiger partial charge on any atom is -0.396 e. The van der Waals surface area contributed by atoms with Crippen LogP contribution in [0.15, 0.2) is 23.3 Å². The second kappa shape index (κ2) is 12.5. The third kappa shape index (κ3) is 7.66. The Morgan fingerprint density at radius 2 is 1.94 bits per heavy atom. The lowest BCUT2D eigenvalue weighted by molar-refractivity contribution is -0.00202. The summed E-state index contributed by atoms with van der Waals surface area (Å²) in [6, 6.07) is 0. The Kier molecular flexibility index (Phi) is 10.3. The predicted molar refractivity (Wildman–Crippen MR) is 140 cm³/mol. The first kappa shape index (κ1) is 27.9. The van der Waals surface area contributed by atoms with Crippen molar-refractivity contribution in [2.45, 2.75) is 129 Å². The molecular formula is C30H52O4. The topological polar surface area (TPSA) is 69.9 Å². The standard InChI is InChI=1S/C30H52O4/c1-22(9-7-15-29(2,3)33)27-13-14-28-24(10-8-16-30(27,28)4)12-11-23-19-25(32)21-26(20-23)34-18-6-5-17-31/h11-12,22,25-28,31-33H,5-10,13-21H2,1-4H3/b23-11-,24-12+/t22-,25-,26-,27-,28+,30-/m1/s1. The van der Waals surface area contributed by atoms with Crippen LogP contribution in [-0.4, -0.2) is 46.3 Å². The molecule has 0 aromatic carbocycles. The summed E-state index contributed by atoms with van der Waals surface area (Å²) in [6.07, 6.45) is 18.3. The van der Waals surface area contributed by atoms with Crippen molar-refractivity contribution in [1.29, 1.82) is 0 Å². The second-order valence-corrected chi connectivity index (χ2v) is 12.6. The van der Waals surface area contributed by atoms with Gasteiger partial charge in [-0.25, -0.2) is 0 Å². The van der Waals surface area contributed by atoms with Gasteiger partial charge in [-0.3, -0.25) is 0 Å². The van der Waals surface area contributed by atoms with Crippen molar-refractivity contribution in [2.75, 3.05) is 13.2 Å². The van der Waals surface area contributed by atoms with Gasteiger partial charge in [0.2, 0.25) is 0 Å². The maximum Gasteiger partial charge on any atom is 0.0637 e. The summed E-state index contributed by atoms with van der Waals surface area (Å²) < 4.78 is 6.01. The molecule has 34 heavy (non-hydrogen) atoms. The van der Waals surface area contributed by atoms with Crippen molar-refractivity contribution in [3.05, 3.63) is 23.3 Å². The van der Waals surface area contributed by atoms with Crippen LogP contribution in [0.1, 0.15) is 111 Å². The number of rotatable bonds is 11. The molecule has 0 aliphatic heterocycles. The van der Waals surface area contributed by atoms with Crippen LogP contribution in [0.2, 0.25) is 0 Å². The fourth-order valence-corrected chi connectivity index (χ4v) is 7.37. The minimum absolute atomic E-state index is 0.101. The molecule has 0 heterocycles. The van der Waals surface area contributed by atoms with Crippen LogP contribution in [0.3, 0.4) is 0 Å². The Morgan fingerprint density at radius 3 is 2.68 bits per heavy atom. The Balaban J connectivity index is 1.61. The van der Waals surface area contributed by atoms with Crippen molar-refractivity contribution in [2.24, 2.45) is 23.2 Å². The number of unbranched alkanes of at least 4 members (excludes halogenated alkanes) is 1. The van der Waals surface area contributed by atoms with Gasteiger partial charge in [-0.1, -0.05) is 50.0 Å². The highest BCUT2D eigenvalue weighted by Gasteiger charge is 2.50. The first-order chi connectivity index (χ1) is 16.1. The van der Waals surface area contributed by atoms with E-state index in [1.165, 1.54) is 44.1 Å². The number of fused-ring (bicyclic) bond motifs is 1. The Bertz CT molecular complexity index is 690. The average molecular weight is 477 g/mol. The summed E-state index contributed by atoms with van der Waals surface area (Å²) in [5.74, 6) is 2.19. The number of aliphatic hydroxyl groups excluding tert-OH is 2. The minimum atomic E-state index is -0.549. The highest BCUT2D eigenvalue weighted by atomic mass is 16.5. The largest absolute Gasteiger partial charge is 0.396 e. The van der Waals surface area contributed by atoms with Gasteiger partial charge in [-0.2, -0.15) is 0 Å².